The summed E-state index contributed by atoms with van der Waals surface area (Å²) in [6, 6.07) is 19.1. The van der Waals surface area contributed by atoms with Gasteiger partial charge in [0, 0.05) is 16.7 Å². The van der Waals surface area contributed by atoms with Crippen LogP contribution < -0.4 is 10.2 Å². The first-order valence-electron chi connectivity index (χ1n) is 9.40. The van der Waals surface area contributed by atoms with Crippen LogP contribution in [0.3, 0.4) is 0 Å². The first-order valence-corrected chi connectivity index (χ1v) is 10.2. The maximum atomic E-state index is 13.2. The number of fused-ring (bicyclic) bond motifs is 1. The molecule has 0 saturated carbocycles. The molecular weight excluding hydrogens is 435 g/mol. The SMILES string of the molecule is Cc1ccc2oc(-c3ccccc3Cl)c(OC(=O)C=Cc3ccc(Cl)cc3)c(=O)c2c1. The minimum atomic E-state index is -0.720. The van der Waals surface area contributed by atoms with Gasteiger partial charge in [0.25, 0.3) is 0 Å². The van der Waals surface area contributed by atoms with E-state index in [1.165, 1.54) is 6.08 Å². The van der Waals surface area contributed by atoms with Gasteiger partial charge in [0.2, 0.25) is 11.2 Å². The Morgan fingerprint density at radius 1 is 1.00 bits per heavy atom. The summed E-state index contributed by atoms with van der Waals surface area (Å²) in [5.74, 6) is -0.834. The Kier molecular flexibility index (Phi) is 5.94. The minimum absolute atomic E-state index is 0.0974. The topological polar surface area (TPSA) is 56.5 Å². The van der Waals surface area contributed by atoms with E-state index in [2.05, 4.69) is 0 Å². The van der Waals surface area contributed by atoms with Gasteiger partial charge in [0.15, 0.2) is 5.76 Å². The van der Waals surface area contributed by atoms with Crippen molar-refractivity contribution in [2.45, 2.75) is 6.92 Å². The largest absolute Gasteiger partial charge is 0.452 e. The summed E-state index contributed by atoms with van der Waals surface area (Å²) in [7, 11) is 0. The fraction of sp³-hybridized carbons (Fsp3) is 0.0400. The predicted octanol–water partition coefficient (Wildman–Crippen LogP) is 6.69. The Bertz CT molecular complexity index is 1370. The van der Waals surface area contributed by atoms with Crippen LogP contribution in [0.4, 0.5) is 0 Å². The van der Waals surface area contributed by atoms with Crippen LogP contribution in [-0.2, 0) is 4.79 Å². The van der Waals surface area contributed by atoms with Crippen LogP contribution in [0.25, 0.3) is 28.4 Å². The number of ether oxygens (including phenoxy) is 1. The highest BCUT2D eigenvalue weighted by molar-refractivity contribution is 6.33. The van der Waals surface area contributed by atoms with Crippen LogP contribution in [0.1, 0.15) is 11.1 Å². The van der Waals surface area contributed by atoms with E-state index in [1.54, 1.807) is 66.7 Å². The van der Waals surface area contributed by atoms with Crippen molar-refractivity contribution in [3.63, 3.8) is 0 Å². The Labute approximate surface area is 188 Å². The number of aryl methyl sites for hydroxylation is 1. The molecular formula is C25H16Cl2O4. The molecule has 31 heavy (non-hydrogen) atoms. The van der Waals surface area contributed by atoms with Crippen molar-refractivity contribution in [1.82, 2.24) is 0 Å². The number of benzene rings is 3. The highest BCUT2D eigenvalue weighted by Gasteiger charge is 2.21. The van der Waals surface area contributed by atoms with Crippen molar-refractivity contribution in [3.05, 3.63) is 104 Å². The van der Waals surface area contributed by atoms with Crippen LogP contribution in [0.2, 0.25) is 10.0 Å². The standard InChI is InChI=1S/C25H16Cl2O4/c1-15-6-12-21-19(14-15)23(29)25(24(30-21)18-4-2-3-5-20(18)27)31-22(28)13-9-16-7-10-17(26)11-8-16/h2-14H,1H3. The highest BCUT2D eigenvalue weighted by Crippen LogP contribution is 2.35. The molecule has 0 aliphatic carbocycles. The number of carbonyl (C=O) groups is 1. The van der Waals surface area contributed by atoms with E-state index in [-0.39, 0.29) is 11.5 Å². The molecule has 1 heterocycles. The van der Waals surface area contributed by atoms with Crippen molar-refractivity contribution in [1.29, 1.82) is 0 Å². The molecule has 4 nitrogen and oxygen atoms in total. The Morgan fingerprint density at radius 2 is 1.74 bits per heavy atom. The first kappa shape index (κ1) is 20.9. The lowest BCUT2D eigenvalue weighted by Gasteiger charge is -2.11. The molecule has 3 aromatic carbocycles. The lowest BCUT2D eigenvalue weighted by atomic mass is 10.1. The average molecular weight is 451 g/mol. The summed E-state index contributed by atoms with van der Waals surface area (Å²) in [4.78, 5) is 25.7. The molecule has 0 bridgehead atoms. The summed E-state index contributed by atoms with van der Waals surface area (Å²) in [6.07, 6.45) is 2.81. The lowest BCUT2D eigenvalue weighted by Crippen LogP contribution is -2.14. The van der Waals surface area contributed by atoms with Crippen LogP contribution in [-0.4, -0.2) is 5.97 Å². The van der Waals surface area contributed by atoms with Crippen molar-refractivity contribution in [2.75, 3.05) is 0 Å². The quantitative estimate of drug-likeness (QED) is 0.256. The molecule has 0 spiro atoms. The number of hydrogen-bond donors (Lipinski definition) is 0. The molecule has 0 aliphatic rings. The van der Waals surface area contributed by atoms with E-state index in [9.17, 15) is 9.59 Å². The third-order valence-corrected chi connectivity index (χ3v) is 5.19. The molecule has 0 saturated heterocycles. The first-order chi connectivity index (χ1) is 14.9. The van der Waals surface area contributed by atoms with Crippen molar-refractivity contribution in [3.8, 4) is 17.1 Å². The van der Waals surface area contributed by atoms with Crippen LogP contribution in [0, 0.1) is 6.92 Å². The third-order valence-electron chi connectivity index (χ3n) is 4.61. The molecule has 4 rings (SSSR count). The van der Waals surface area contributed by atoms with Gasteiger partial charge in [0.1, 0.15) is 5.58 Å². The molecule has 0 atom stereocenters. The molecule has 6 heteroatoms. The molecule has 4 aromatic rings. The van der Waals surface area contributed by atoms with Gasteiger partial charge >= 0.3 is 5.97 Å². The van der Waals surface area contributed by atoms with Gasteiger partial charge in [-0.05, 0) is 55.0 Å². The van der Waals surface area contributed by atoms with E-state index < -0.39 is 11.4 Å². The van der Waals surface area contributed by atoms with Crippen molar-refractivity contribution >= 4 is 46.2 Å². The van der Waals surface area contributed by atoms with Gasteiger partial charge in [-0.15, -0.1) is 0 Å². The summed E-state index contributed by atoms with van der Waals surface area (Å²) >= 11 is 12.2. The Morgan fingerprint density at radius 3 is 2.48 bits per heavy atom. The van der Waals surface area contributed by atoms with E-state index >= 15 is 0 Å². The second kappa shape index (κ2) is 8.80. The smallest absolute Gasteiger partial charge is 0.336 e. The zero-order chi connectivity index (χ0) is 22.0. The van der Waals surface area contributed by atoms with Crippen LogP contribution in [0.5, 0.6) is 5.75 Å². The summed E-state index contributed by atoms with van der Waals surface area (Å²) in [5, 5.41) is 1.28. The van der Waals surface area contributed by atoms with E-state index in [1.807, 2.05) is 13.0 Å². The normalized spacial score (nSPS) is 11.2. The van der Waals surface area contributed by atoms with E-state index in [0.717, 1.165) is 11.1 Å². The zero-order valence-corrected chi connectivity index (χ0v) is 17.9. The number of esters is 1. The van der Waals surface area contributed by atoms with E-state index in [4.69, 9.17) is 32.4 Å². The molecule has 0 aliphatic heterocycles. The minimum Gasteiger partial charge on any atom is -0.452 e. The monoisotopic (exact) mass is 450 g/mol. The van der Waals surface area contributed by atoms with E-state index in [0.29, 0.717) is 26.6 Å². The maximum Gasteiger partial charge on any atom is 0.336 e. The van der Waals surface area contributed by atoms with Crippen LogP contribution >= 0.6 is 23.2 Å². The fourth-order valence-corrected chi connectivity index (χ4v) is 3.43. The summed E-state index contributed by atoms with van der Waals surface area (Å²) in [6.45, 7) is 1.86. The number of hydrogen-bond acceptors (Lipinski definition) is 4. The molecule has 0 radical (unpaired) electrons. The third kappa shape index (κ3) is 4.55. The summed E-state index contributed by atoms with van der Waals surface area (Å²) < 4.78 is 11.4. The molecule has 0 amide bonds. The van der Waals surface area contributed by atoms with Gasteiger partial charge in [-0.2, -0.15) is 0 Å². The highest BCUT2D eigenvalue weighted by atomic mass is 35.5. The number of halogens is 2. The van der Waals surface area contributed by atoms with Crippen LogP contribution in [0.15, 0.2) is 82.0 Å². The van der Waals surface area contributed by atoms with Gasteiger partial charge in [-0.3, -0.25) is 4.79 Å². The van der Waals surface area contributed by atoms with Gasteiger partial charge in [-0.1, -0.05) is 59.1 Å². The van der Waals surface area contributed by atoms with Gasteiger partial charge in [-0.25, -0.2) is 4.79 Å². The predicted molar refractivity (Wildman–Crippen MR) is 124 cm³/mol. The van der Waals surface area contributed by atoms with Gasteiger partial charge < -0.3 is 9.15 Å². The number of carbonyl (C=O) groups excluding carboxylic acids is 1. The van der Waals surface area contributed by atoms with Crippen molar-refractivity contribution in [2.24, 2.45) is 0 Å². The Hall–Kier alpha value is -3.34. The number of rotatable bonds is 4. The molecule has 0 unspecified atom stereocenters. The second-order valence-electron chi connectivity index (χ2n) is 6.87. The molecule has 0 fully saturated rings. The lowest BCUT2D eigenvalue weighted by molar-refractivity contribution is -0.129. The molecule has 1 aromatic heterocycles. The second-order valence-corrected chi connectivity index (χ2v) is 7.72. The van der Waals surface area contributed by atoms with Gasteiger partial charge in [0.05, 0.1) is 10.4 Å². The zero-order valence-electron chi connectivity index (χ0n) is 16.4. The maximum absolute atomic E-state index is 13.2. The fourth-order valence-electron chi connectivity index (χ4n) is 3.08. The summed E-state index contributed by atoms with van der Waals surface area (Å²) in [5.41, 5.74) is 2.02. The van der Waals surface area contributed by atoms with Crippen molar-refractivity contribution < 1.29 is 13.9 Å². The Balaban J connectivity index is 1.79. The molecule has 154 valence electrons. The average Bonchev–Trinajstić information content (AvgIpc) is 2.76. The molecule has 0 N–H and O–H groups in total.